The van der Waals surface area contributed by atoms with Crippen LogP contribution >= 0.6 is 0 Å². The Morgan fingerprint density at radius 2 is 0.727 bits per heavy atom. The van der Waals surface area contributed by atoms with E-state index < -0.39 is 49.5 Å². The topological polar surface area (TPSA) is 149 Å². The number of carbonyl (C=O) groups excluding carboxylic acids is 1. The standard InChI is InChI=1S/C68H133NO8/c1-3-5-7-9-11-13-15-17-19-21-22-23-24-25-26-27-28-29-30-31-32-33-34-35-36-37-38-39-40-42-44-46-48-50-52-54-56-58-64(72)69-61(60-76-68-67(75)66(74)65(73)63(59-70)77-68)62(71)57-55-53-51-49-47-45-43-41-20-18-16-14-12-10-8-6-4-2/h21-22,61-63,65-68,70-71,73-75H,3-20,23-60H2,1-2H3,(H,69,72)/b22-21-. The Hall–Kier alpha value is -1.07. The number of carbonyl (C=O) groups is 1. The molecule has 9 nitrogen and oxygen atoms in total. The molecule has 458 valence electrons. The largest absolute Gasteiger partial charge is 0.394 e. The Morgan fingerprint density at radius 3 is 1.05 bits per heavy atom. The van der Waals surface area contributed by atoms with Crippen molar-refractivity contribution in [2.24, 2.45) is 0 Å². The van der Waals surface area contributed by atoms with Crippen LogP contribution in [0.1, 0.15) is 361 Å². The van der Waals surface area contributed by atoms with Crippen molar-refractivity contribution in [1.82, 2.24) is 5.32 Å². The van der Waals surface area contributed by atoms with Crippen LogP contribution in [0.25, 0.3) is 0 Å². The summed E-state index contributed by atoms with van der Waals surface area (Å²) in [4.78, 5) is 13.1. The van der Waals surface area contributed by atoms with Crippen molar-refractivity contribution in [3.63, 3.8) is 0 Å². The SMILES string of the molecule is CCCCCCCCCC/C=C\CCCCCCCCCCCCCCCCCCCCCCCCCCCC(=O)NC(COC1OC(CO)C(O)C(O)C1O)C(O)CCCCCCCCCCCCCCCCCCC. The van der Waals surface area contributed by atoms with Crippen LogP contribution in [0.15, 0.2) is 12.2 Å². The minimum atomic E-state index is -1.55. The molecule has 9 heteroatoms. The van der Waals surface area contributed by atoms with Gasteiger partial charge in [-0.05, 0) is 38.5 Å². The summed E-state index contributed by atoms with van der Waals surface area (Å²) in [6.45, 7) is 3.89. The van der Waals surface area contributed by atoms with Gasteiger partial charge in [-0.15, -0.1) is 0 Å². The van der Waals surface area contributed by atoms with E-state index in [4.69, 9.17) is 9.47 Å². The van der Waals surface area contributed by atoms with Crippen molar-refractivity contribution >= 4 is 5.91 Å². The van der Waals surface area contributed by atoms with E-state index >= 15 is 0 Å². The van der Waals surface area contributed by atoms with E-state index in [2.05, 4.69) is 31.3 Å². The monoisotopic (exact) mass is 1090 g/mol. The molecular weight excluding hydrogens is 959 g/mol. The van der Waals surface area contributed by atoms with Crippen molar-refractivity contribution in [3.05, 3.63) is 12.2 Å². The van der Waals surface area contributed by atoms with Gasteiger partial charge < -0.3 is 40.3 Å². The van der Waals surface area contributed by atoms with E-state index in [0.717, 1.165) is 38.5 Å². The van der Waals surface area contributed by atoms with Crippen LogP contribution in [0.5, 0.6) is 0 Å². The number of hydrogen-bond donors (Lipinski definition) is 6. The van der Waals surface area contributed by atoms with Crippen LogP contribution in [-0.4, -0.2) is 87.5 Å². The molecule has 77 heavy (non-hydrogen) atoms. The minimum Gasteiger partial charge on any atom is -0.394 e. The number of allylic oxidation sites excluding steroid dienone is 2. The van der Waals surface area contributed by atoms with Gasteiger partial charge in [0.05, 0.1) is 25.4 Å². The van der Waals surface area contributed by atoms with Crippen LogP contribution in [0.2, 0.25) is 0 Å². The lowest BCUT2D eigenvalue weighted by Crippen LogP contribution is -2.60. The van der Waals surface area contributed by atoms with Crippen LogP contribution < -0.4 is 5.32 Å². The Morgan fingerprint density at radius 1 is 0.429 bits per heavy atom. The third-order valence-corrected chi connectivity index (χ3v) is 16.9. The van der Waals surface area contributed by atoms with Gasteiger partial charge in [0.2, 0.25) is 5.91 Å². The number of rotatable bonds is 61. The quantitative estimate of drug-likeness (QED) is 0.0261. The highest BCUT2D eigenvalue weighted by Gasteiger charge is 2.44. The second kappa shape index (κ2) is 58.1. The molecule has 1 fully saturated rings. The smallest absolute Gasteiger partial charge is 0.220 e. The molecule has 1 rings (SSSR count). The van der Waals surface area contributed by atoms with E-state index in [1.54, 1.807) is 0 Å². The first-order chi connectivity index (χ1) is 37.8. The van der Waals surface area contributed by atoms with Gasteiger partial charge in [-0.1, -0.05) is 328 Å². The predicted octanol–water partition coefficient (Wildman–Crippen LogP) is 18.3. The van der Waals surface area contributed by atoms with Gasteiger partial charge in [-0.25, -0.2) is 0 Å². The van der Waals surface area contributed by atoms with Gasteiger partial charge >= 0.3 is 0 Å². The highest BCUT2D eigenvalue weighted by Crippen LogP contribution is 2.24. The molecule has 1 aliphatic heterocycles. The third kappa shape index (κ3) is 47.2. The molecular formula is C68H133NO8. The van der Waals surface area contributed by atoms with Gasteiger partial charge in [0.15, 0.2) is 6.29 Å². The fourth-order valence-corrected chi connectivity index (χ4v) is 11.5. The second-order valence-corrected chi connectivity index (χ2v) is 24.3. The first-order valence-electron chi connectivity index (χ1n) is 34.4. The summed E-state index contributed by atoms with van der Waals surface area (Å²) in [7, 11) is 0. The number of hydrogen-bond acceptors (Lipinski definition) is 8. The first-order valence-corrected chi connectivity index (χ1v) is 34.4. The van der Waals surface area contributed by atoms with Gasteiger partial charge in [-0.3, -0.25) is 4.79 Å². The summed E-state index contributed by atoms with van der Waals surface area (Å²) >= 11 is 0. The van der Waals surface area contributed by atoms with E-state index in [9.17, 15) is 30.3 Å². The molecule has 1 saturated heterocycles. The molecule has 0 aromatic carbocycles. The zero-order valence-electron chi connectivity index (χ0n) is 51.3. The summed E-state index contributed by atoms with van der Waals surface area (Å²) in [5, 5.41) is 54.8. The van der Waals surface area contributed by atoms with Gasteiger partial charge in [0.1, 0.15) is 24.4 Å². The van der Waals surface area contributed by atoms with Crippen molar-refractivity contribution in [2.75, 3.05) is 13.2 Å². The maximum atomic E-state index is 13.1. The fourth-order valence-electron chi connectivity index (χ4n) is 11.5. The average molecular weight is 1090 g/mol. The highest BCUT2D eigenvalue weighted by atomic mass is 16.7. The second-order valence-electron chi connectivity index (χ2n) is 24.3. The summed E-state index contributed by atoms with van der Waals surface area (Å²) in [5.74, 6) is -0.135. The van der Waals surface area contributed by atoms with Crippen LogP contribution in [0.3, 0.4) is 0 Å². The van der Waals surface area contributed by atoms with Crippen molar-refractivity contribution < 1.29 is 39.8 Å². The molecule has 1 aliphatic rings. The molecule has 0 saturated carbocycles. The first kappa shape index (κ1) is 73.9. The highest BCUT2D eigenvalue weighted by molar-refractivity contribution is 5.76. The summed E-state index contributed by atoms with van der Waals surface area (Å²) in [6, 6.07) is -0.715. The molecule has 7 atom stereocenters. The molecule has 1 amide bonds. The fraction of sp³-hybridized carbons (Fsp3) is 0.956. The molecule has 0 bridgehead atoms. The Bertz CT molecular complexity index is 1220. The number of unbranched alkanes of at least 4 members (excludes halogenated alkanes) is 49. The molecule has 0 aromatic heterocycles. The van der Waals surface area contributed by atoms with E-state index in [1.807, 2.05) is 0 Å². The van der Waals surface area contributed by atoms with Crippen molar-refractivity contribution in [3.8, 4) is 0 Å². The Kier molecular flexibility index (Phi) is 55.8. The summed E-state index contributed by atoms with van der Waals surface area (Å²) in [6.07, 6.45) is 67.2. The lowest BCUT2D eigenvalue weighted by atomic mass is 9.99. The summed E-state index contributed by atoms with van der Waals surface area (Å²) in [5.41, 5.74) is 0. The Labute approximate surface area is 477 Å². The Balaban J connectivity index is 2.04. The van der Waals surface area contributed by atoms with Crippen molar-refractivity contribution in [1.29, 1.82) is 0 Å². The molecule has 0 radical (unpaired) electrons. The minimum absolute atomic E-state index is 0.132. The number of amides is 1. The van der Waals surface area contributed by atoms with E-state index in [1.165, 1.54) is 295 Å². The van der Waals surface area contributed by atoms with Crippen molar-refractivity contribution in [2.45, 2.75) is 403 Å². The van der Waals surface area contributed by atoms with Gasteiger partial charge in [-0.2, -0.15) is 0 Å². The van der Waals surface area contributed by atoms with Crippen LogP contribution in [-0.2, 0) is 14.3 Å². The lowest BCUT2D eigenvalue weighted by molar-refractivity contribution is -0.302. The average Bonchev–Trinajstić information content (AvgIpc) is 3.43. The number of aliphatic hydroxyl groups is 5. The third-order valence-electron chi connectivity index (χ3n) is 16.9. The normalized spacial score (nSPS) is 18.7. The molecule has 7 unspecified atom stereocenters. The van der Waals surface area contributed by atoms with Crippen LogP contribution in [0, 0.1) is 0 Å². The van der Waals surface area contributed by atoms with E-state index in [0.29, 0.717) is 12.8 Å². The zero-order valence-corrected chi connectivity index (χ0v) is 51.3. The molecule has 0 spiro atoms. The molecule has 6 N–H and O–H groups in total. The lowest BCUT2D eigenvalue weighted by Gasteiger charge is -2.40. The van der Waals surface area contributed by atoms with E-state index in [-0.39, 0.29) is 12.5 Å². The van der Waals surface area contributed by atoms with Gasteiger partial charge in [0, 0.05) is 6.42 Å². The number of aliphatic hydroxyl groups excluding tert-OH is 5. The molecule has 0 aromatic rings. The maximum Gasteiger partial charge on any atom is 0.220 e. The number of ether oxygens (including phenoxy) is 2. The zero-order chi connectivity index (χ0) is 55.8. The molecule has 0 aliphatic carbocycles. The predicted molar refractivity (Wildman–Crippen MR) is 327 cm³/mol. The number of nitrogens with one attached hydrogen (secondary N) is 1. The van der Waals surface area contributed by atoms with Gasteiger partial charge in [0.25, 0.3) is 0 Å². The summed E-state index contributed by atoms with van der Waals surface area (Å²) < 4.78 is 11.3. The maximum absolute atomic E-state index is 13.1. The van der Waals surface area contributed by atoms with Crippen LogP contribution in [0.4, 0.5) is 0 Å². The molecule has 1 heterocycles.